The van der Waals surface area contributed by atoms with Gasteiger partial charge in [0.25, 0.3) is 0 Å². The summed E-state index contributed by atoms with van der Waals surface area (Å²) < 4.78 is 32.8. The van der Waals surface area contributed by atoms with Crippen LogP contribution < -0.4 is 10.1 Å². The fourth-order valence-corrected chi connectivity index (χ4v) is 6.18. The Balaban J connectivity index is 1.62. The van der Waals surface area contributed by atoms with Gasteiger partial charge in [0.05, 0.1) is 12.0 Å². The second-order valence-corrected chi connectivity index (χ2v) is 11.4. The van der Waals surface area contributed by atoms with Crippen LogP contribution in [0.1, 0.15) is 57.6 Å². The number of benzene rings is 2. The number of aryl methyl sites for hydroxylation is 1. The van der Waals surface area contributed by atoms with Gasteiger partial charge in [-0.15, -0.1) is 0 Å². The molecule has 0 radical (unpaired) electrons. The monoisotopic (exact) mass is 472 g/mol. The first-order chi connectivity index (χ1) is 15.6. The van der Waals surface area contributed by atoms with Crippen LogP contribution >= 0.6 is 0 Å². The highest BCUT2D eigenvalue weighted by molar-refractivity contribution is 7.89. The van der Waals surface area contributed by atoms with Gasteiger partial charge >= 0.3 is 0 Å². The highest BCUT2D eigenvalue weighted by Gasteiger charge is 2.28. The van der Waals surface area contributed by atoms with Gasteiger partial charge < -0.3 is 10.1 Å². The van der Waals surface area contributed by atoms with Crippen LogP contribution in [0.15, 0.2) is 53.4 Å². The SMILES string of the molecule is COc1ccc(S(=O)(=O)N2CCCC2)cc1CCC(=O)N[C@@H](C)CC(C)(C)c1ccccc1. The normalized spacial score (nSPS) is 15.9. The Bertz CT molecular complexity index is 1050. The molecule has 1 fully saturated rings. The van der Waals surface area contributed by atoms with Gasteiger partial charge in [0.15, 0.2) is 0 Å². The number of ether oxygens (including phenoxy) is 1. The van der Waals surface area contributed by atoms with Crippen LogP contribution in [0, 0.1) is 0 Å². The van der Waals surface area contributed by atoms with Crippen molar-refractivity contribution in [1.29, 1.82) is 0 Å². The average molecular weight is 473 g/mol. The van der Waals surface area contributed by atoms with Crippen LogP contribution in [0.3, 0.4) is 0 Å². The summed E-state index contributed by atoms with van der Waals surface area (Å²) in [5.41, 5.74) is 1.91. The number of amides is 1. The number of nitrogens with zero attached hydrogens (tertiary/aromatic N) is 1. The van der Waals surface area contributed by atoms with E-state index < -0.39 is 10.0 Å². The van der Waals surface area contributed by atoms with E-state index in [1.54, 1.807) is 25.3 Å². The van der Waals surface area contributed by atoms with E-state index in [-0.39, 0.29) is 28.7 Å². The first kappa shape index (κ1) is 25.2. The molecule has 0 spiro atoms. The molecule has 2 aromatic carbocycles. The lowest BCUT2D eigenvalue weighted by molar-refractivity contribution is -0.121. The first-order valence-electron chi connectivity index (χ1n) is 11.7. The molecule has 0 aliphatic carbocycles. The summed E-state index contributed by atoms with van der Waals surface area (Å²) in [7, 11) is -1.96. The molecule has 0 saturated carbocycles. The molecule has 2 aromatic rings. The van der Waals surface area contributed by atoms with Crippen molar-refractivity contribution in [2.24, 2.45) is 0 Å². The average Bonchev–Trinajstić information content (AvgIpc) is 3.33. The maximum absolute atomic E-state index is 12.9. The van der Waals surface area contributed by atoms with E-state index in [0.717, 1.165) is 24.8 Å². The third-order valence-electron chi connectivity index (χ3n) is 6.36. The van der Waals surface area contributed by atoms with Gasteiger partial charge in [-0.25, -0.2) is 8.42 Å². The molecule has 0 bridgehead atoms. The van der Waals surface area contributed by atoms with Crippen molar-refractivity contribution >= 4 is 15.9 Å². The second kappa shape index (κ2) is 10.7. The van der Waals surface area contributed by atoms with Crippen molar-refractivity contribution < 1.29 is 17.9 Å². The number of nitrogens with one attached hydrogen (secondary N) is 1. The zero-order valence-electron chi connectivity index (χ0n) is 20.1. The van der Waals surface area contributed by atoms with Gasteiger partial charge in [-0.1, -0.05) is 44.2 Å². The van der Waals surface area contributed by atoms with E-state index in [4.69, 9.17) is 4.74 Å². The Hall–Kier alpha value is -2.38. The molecule has 3 rings (SSSR count). The zero-order valence-corrected chi connectivity index (χ0v) is 21.0. The van der Waals surface area contributed by atoms with E-state index in [0.29, 0.717) is 25.3 Å². The minimum atomic E-state index is -3.51. The number of carbonyl (C=O) groups is 1. The molecule has 1 amide bonds. The molecule has 180 valence electrons. The van der Waals surface area contributed by atoms with Crippen molar-refractivity contribution in [2.75, 3.05) is 20.2 Å². The predicted octanol–water partition coefficient (Wildman–Crippen LogP) is 4.28. The van der Waals surface area contributed by atoms with Crippen LogP contribution in [-0.4, -0.2) is 44.9 Å². The topological polar surface area (TPSA) is 75.7 Å². The van der Waals surface area contributed by atoms with Crippen LogP contribution in [0.25, 0.3) is 0 Å². The Labute approximate surface area is 198 Å². The maximum Gasteiger partial charge on any atom is 0.243 e. The molecule has 1 atom stereocenters. The Kier molecular flexibility index (Phi) is 8.19. The van der Waals surface area contributed by atoms with Crippen molar-refractivity contribution in [1.82, 2.24) is 9.62 Å². The predicted molar refractivity (Wildman–Crippen MR) is 131 cm³/mol. The standard InChI is InChI=1S/C26H36N2O4S/c1-20(19-26(2,3)22-10-6-5-7-11-22)27-25(29)15-12-21-18-23(13-14-24(21)32-4)33(30,31)28-16-8-9-17-28/h5-7,10-11,13-14,18,20H,8-9,12,15-17,19H2,1-4H3,(H,27,29)/t20-/m0/s1. The van der Waals surface area contributed by atoms with Crippen LogP contribution in [0.2, 0.25) is 0 Å². The van der Waals surface area contributed by atoms with E-state index >= 15 is 0 Å². The lowest BCUT2D eigenvalue weighted by atomic mass is 9.79. The van der Waals surface area contributed by atoms with E-state index in [9.17, 15) is 13.2 Å². The summed E-state index contributed by atoms with van der Waals surface area (Å²) in [6, 6.07) is 15.2. The summed E-state index contributed by atoms with van der Waals surface area (Å²) in [6.07, 6.45) is 3.27. The van der Waals surface area contributed by atoms with E-state index in [1.807, 2.05) is 25.1 Å². The number of methoxy groups -OCH3 is 1. The number of sulfonamides is 1. The molecule has 0 aromatic heterocycles. The summed E-state index contributed by atoms with van der Waals surface area (Å²) >= 11 is 0. The van der Waals surface area contributed by atoms with Gasteiger partial charge in [-0.2, -0.15) is 4.31 Å². The van der Waals surface area contributed by atoms with Crippen LogP contribution in [0.5, 0.6) is 5.75 Å². The molecular formula is C26H36N2O4S. The van der Waals surface area contributed by atoms with Gasteiger partial charge in [0.2, 0.25) is 15.9 Å². The molecule has 6 nitrogen and oxygen atoms in total. The third kappa shape index (κ3) is 6.36. The number of hydrogen-bond donors (Lipinski definition) is 1. The molecular weight excluding hydrogens is 436 g/mol. The van der Waals surface area contributed by atoms with Gasteiger partial charge in [-0.05, 0) is 67.3 Å². The first-order valence-corrected chi connectivity index (χ1v) is 13.1. The summed E-state index contributed by atoms with van der Waals surface area (Å²) in [5.74, 6) is 0.544. The van der Waals surface area contributed by atoms with Crippen molar-refractivity contribution in [3.63, 3.8) is 0 Å². The molecule has 0 unspecified atom stereocenters. The van der Waals surface area contributed by atoms with Gasteiger partial charge in [0.1, 0.15) is 5.75 Å². The Morgan fingerprint density at radius 3 is 2.42 bits per heavy atom. The van der Waals surface area contributed by atoms with Crippen molar-refractivity contribution in [2.45, 2.75) is 69.2 Å². The fourth-order valence-electron chi connectivity index (χ4n) is 4.61. The lowest BCUT2D eigenvalue weighted by Crippen LogP contribution is -2.37. The number of rotatable bonds is 10. The van der Waals surface area contributed by atoms with Crippen molar-refractivity contribution in [3.05, 3.63) is 59.7 Å². The Morgan fingerprint density at radius 1 is 1.12 bits per heavy atom. The maximum atomic E-state index is 12.9. The molecule has 1 heterocycles. The van der Waals surface area contributed by atoms with Crippen LogP contribution in [-0.2, 0) is 26.7 Å². The smallest absolute Gasteiger partial charge is 0.243 e. The minimum absolute atomic E-state index is 0.0106. The fraction of sp³-hybridized carbons (Fsp3) is 0.500. The largest absolute Gasteiger partial charge is 0.496 e. The molecule has 1 saturated heterocycles. The quantitative estimate of drug-likeness (QED) is 0.560. The van der Waals surface area contributed by atoms with E-state index in [1.165, 1.54) is 9.87 Å². The summed E-state index contributed by atoms with van der Waals surface area (Å²) in [5, 5.41) is 3.10. The number of carbonyl (C=O) groups excluding carboxylic acids is 1. The minimum Gasteiger partial charge on any atom is -0.496 e. The molecule has 1 aliphatic heterocycles. The molecule has 1 N–H and O–H groups in total. The van der Waals surface area contributed by atoms with Crippen LogP contribution in [0.4, 0.5) is 0 Å². The highest BCUT2D eigenvalue weighted by Crippen LogP contribution is 2.29. The summed E-state index contributed by atoms with van der Waals surface area (Å²) in [6.45, 7) is 7.50. The number of hydrogen-bond acceptors (Lipinski definition) is 4. The zero-order chi connectivity index (χ0) is 24.1. The highest BCUT2D eigenvalue weighted by atomic mass is 32.2. The third-order valence-corrected chi connectivity index (χ3v) is 8.25. The molecule has 1 aliphatic rings. The summed E-state index contributed by atoms with van der Waals surface area (Å²) in [4.78, 5) is 12.9. The molecule has 7 heteroatoms. The van der Waals surface area contributed by atoms with Crippen molar-refractivity contribution in [3.8, 4) is 5.75 Å². The van der Waals surface area contributed by atoms with Gasteiger partial charge in [-0.3, -0.25) is 4.79 Å². The Morgan fingerprint density at radius 2 is 1.79 bits per heavy atom. The van der Waals surface area contributed by atoms with E-state index in [2.05, 4.69) is 31.3 Å². The lowest BCUT2D eigenvalue weighted by Gasteiger charge is -2.29. The second-order valence-electron chi connectivity index (χ2n) is 9.51. The van der Waals surface area contributed by atoms with Gasteiger partial charge in [0, 0.05) is 25.6 Å². The molecule has 33 heavy (non-hydrogen) atoms.